The molecule has 1 aliphatic rings. The van der Waals surface area contributed by atoms with Crippen molar-refractivity contribution < 1.29 is 14.0 Å². The molecule has 1 fully saturated rings. The summed E-state index contributed by atoms with van der Waals surface area (Å²) in [5.74, 6) is 0.832. The lowest BCUT2D eigenvalue weighted by Crippen LogP contribution is -2.44. The predicted molar refractivity (Wildman–Crippen MR) is 96.8 cm³/mol. The van der Waals surface area contributed by atoms with Crippen LogP contribution in [0.4, 0.5) is 4.79 Å². The normalized spacial score (nSPS) is 15.4. The van der Waals surface area contributed by atoms with E-state index in [1.165, 1.54) is 31.0 Å². The van der Waals surface area contributed by atoms with Crippen LogP contribution in [0.1, 0.15) is 63.1 Å². The smallest absolute Gasteiger partial charge is 0.317 e. The molecule has 140 valence electrons. The van der Waals surface area contributed by atoms with Gasteiger partial charge in [0.2, 0.25) is 5.78 Å². The Morgan fingerprint density at radius 2 is 2.00 bits per heavy atom. The minimum Gasteiger partial charge on any atom is -0.408 e. The van der Waals surface area contributed by atoms with E-state index in [1.54, 1.807) is 11.9 Å². The third-order valence-electron chi connectivity index (χ3n) is 4.17. The van der Waals surface area contributed by atoms with Crippen molar-refractivity contribution in [2.45, 2.75) is 63.6 Å². The number of thioether (sulfide) groups is 1. The minimum absolute atomic E-state index is 0.0363. The quantitative estimate of drug-likeness (QED) is 0.559. The first kappa shape index (κ1) is 19.8. The summed E-state index contributed by atoms with van der Waals surface area (Å²) in [5.41, 5.74) is 0. The zero-order chi connectivity index (χ0) is 18.2. The molecule has 1 saturated carbocycles. The summed E-state index contributed by atoms with van der Waals surface area (Å²) < 4.78 is 5.38. The molecular weight excluding hydrogens is 340 g/mol. The fourth-order valence-electron chi connectivity index (χ4n) is 2.74. The Bertz CT molecular complexity index is 570. The van der Waals surface area contributed by atoms with Crippen molar-refractivity contribution in [2.24, 2.45) is 5.92 Å². The Hall–Kier alpha value is -1.57. The number of hydrogen-bond donors (Lipinski definition) is 1. The Labute approximate surface area is 153 Å². The molecule has 0 unspecified atom stereocenters. The van der Waals surface area contributed by atoms with E-state index in [0.717, 1.165) is 12.8 Å². The van der Waals surface area contributed by atoms with Crippen molar-refractivity contribution in [1.82, 2.24) is 20.4 Å². The molecule has 0 spiro atoms. The molecule has 1 N–H and O–H groups in total. The molecular formula is C17H28N4O3S. The number of ketones is 1. The molecule has 7 nitrogen and oxygen atoms in total. The first-order chi connectivity index (χ1) is 12.0. The van der Waals surface area contributed by atoms with Gasteiger partial charge in [0.05, 0.1) is 0 Å². The lowest BCUT2D eigenvalue weighted by molar-refractivity contribution is 0.0929. The Morgan fingerprint density at radius 3 is 2.68 bits per heavy atom. The van der Waals surface area contributed by atoms with Crippen LogP contribution in [0.25, 0.3) is 0 Å². The van der Waals surface area contributed by atoms with Crippen molar-refractivity contribution in [3.05, 3.63) is 5.89 Å². The molecule has 0 radical (unpaired) electrons. The molecule has 2 rings (SSSR count). The second-order valence-corrected chi connectivity index (χ2v) is 7.99. The molecule has 2 amide bonds. The van der Waals surface area contributed by atoms with Crippen LogP contribution in [-0.2, 0) is 0 Å². The maximum absolute atomic E-state index is 12.2. The third kappa shape index (κ3) is 6.68. The fraction of sp³-hybridized carbons (Fsp3) is 0.765. The molecule has 8 heteroatoms. The van der Waals surface area contributed by atoms with E-state index in [0.29, 0.717) is 30.0 Å². The number of aromatic nitrogens is 2. The number of amides is 2. The van der Waals surface area contributed by atoms with E-state index >= 15 is 0 Å². The molecule has 0 atom stereocenters. The molecule has 1 aromatic rings. The van der Waals surface area contributed by atoms with Crippen molar-refractivity contribution in [3.63, 3.8) is 0 Å². The second kappa shape index (κ2) is 9.79. The van der Waals surface area contributed by atoms with Gasteiger partial charge in [-0.25, -0.2) is 4.79 Å². The van der Waals surface area contributed by atoms with Crippen molar-refractivity contribution in [3.8, 4) is 0 Å². The molecule has 25 heavy (non-hydrogen) atoms. The van der Waals surface area contributed by atoms with Gasteiger partial charge in [0.1, 0.15) is 0 Å². The van der Waals surface area contributed by atoms with Crippen molar-refractivity contribution in [1.29, 1.82) is 0 Å². The van der Waals surface area contributed by atoms with Crippen LogP contribution < -0.4 is 5.32 Å². The molecule has 0 bridgehead atoms. The highest BCUT2D eigenvalue weighted by atomic mass is 32.2. The number of carbonyl (C=O) groups excluding carboxylic acids is 2. The second-order valence-electron chi connectivity index (χ2n) is 6.95. The average Bonchev–Trinajstić information content (AvgIpc) is 3.04. The summed E-state index contributed by atoms with van der Waals surface area (Å²) in [6.45, 7) is 4.51. The van der Waals surface area contributed by atoms with Gasteiger partial charge in [-0.2, -0.15) is 0 Å². The van der Waals surface area contributed by atoms with Crippen LogP contribution in [0.2, 0.25) is 0 Å². The van der Waals surface area contributed by atoms with Gasteiger partial charge in [-0.15, -0.1) is 10.2 Å². The maximum atomic E-state index is 12.2. The molecule has 1 aromatic heterocycles. The van der Waals surface area contributed by atoms with E-state index in [1.807, 2.05) is 13.8 Å². The highest BCUT2D eigenvalue weighted by molar-refractivity contribution is 7.99. The lowest BCUT2D eigenvalue weighted by atomic mass is 9.96. The van der Waals surface area contributed by atoms with Gasteiger partial charge in [0.15, 0.2) is 0 Å². The Balaban J connectivity index is 1.70. The van der Waals surface area contributed by atoms with Crippen LogP contribution in [0.5, 0.6) is 0 Å². The molecule has 1 heterocycles. The SMILES string of the molecule is CC(C)CC(=O)c1nnc(SCCN(C)C(=O)NC2CCCCC2)o1. The fourth-order valence-corrected chi connectivity index (χ4v) is 3.52. The van der Waals surface area contributed by atoms with Crippen molar-refractivity contribution >= 4 is 23.6 Å². The monoisotopic (exact) mass is 368 g/mol. The topological polar surface area (TPSA) is 88.3 Å². The summed E-state index contributed by atoms with van der Waals surface area (Å²) >= 11 is 1.36. The molecule has 1 aliphatic carbocycles. The van der Waals surface area contributed by atoms with E-state index in [4.69, 9.17) is 4.42 Å². The Kier molecular flexibility index (Phi) is 7.74. The Morgan fingerprint density at radius 1 is 1.28 bits per heavy atom. The van der Waals surface area contributed by atoms with E-state index in [2.05, 4.69) is 15.5 Å². The first-order valence-electron chi connectivity index (χ1n) is 8.97. The van der Waals surface area contributed by atoms with Gasteiger partial charge in [0.25, 0.3) is 11.1 Å². The zero-order valence-corrected chi connectivity index (χ0v) is 16.1. The van der Waals surface area contributed by atoms with Crippen LogP contribution in [0.3, 0.4) is 0 Å². The van der Waals surface area contributed by atoms with Gasteiger partial charge in [0, 0.05) is 31.8 Å². The molecule has 0 aliphatic heterocycles. The van der Waals surface area contributed by atoms with Crippen LogP contribution in [0, 0.1) is 5.92 Å². The predicted octanol–water partition coefficient (Wildman–Crippen LogP) is 3.36. The van der Waals surface area contributed by atoms with E-state index in [9.17, 15) is 9.59 Å². The number of rotatable bonds is 8. The van der Waals surface area contributed by atoms with Gasteiger partial charge >= 0.3 is 6.03 Å². The number of Topliss-reactive ketones (excluding diaryl/α,β-unsaturated/α-hetero) is 1. The van der Waals surface area contributed by atoms with E-state index < -0.39 is 0 Å². The number of urea groups is 1. The van der Waals surface area contributed by atoms with Gasteiger partial charge in [-0.3, -0.25) is 4.79 Å². The maximum Gasteiger partial charge on any atom is 0.317 e. The summed E-state index contributed by atoms with van der Waals surface area (Å²) in [6, 6.07) is 0.271. The van der Waals surface area contributed by atoms with Crippen molar-refractivity contribution in [2.75, 3.05) is 19.3 Å². The third-order valence-corrected chi connectivity index (χ3v) is 4.97. The van der Waals surface area contributed by atoms with Crippen LogP contribution in [-0.4, -0.2) is 52.3 Å². The summed E-state index contributed by atoms with van der Waals surface area (Å²) in [5, 5.41) is 11.1. The van der Waals surface area contributed by atoms with Gasteiger partial charge in [-0.05, 0) is 18.8 Å². The van der Waals surface area contributed by atoms with Crippen LogP contribution >= 0.6 is 11.8 Å². The number of nitrogens with zero attached hydrogens (tertiary/aromatic N) is 3. The highest BCUT2D eigenvalue weighted by Gasteiger charge is 2.19. The zero-order valence-electron chi connectivity index (χ0n) is 15.3. The highest BCUT2D eigenvalue weighted by Crippen LogP contribution is 2.19. The first-order valence-corrected chi connectivity index (χ1v) is 9.95. The van der Waals surface area contributed by atoms with Gasteiger partial charge in [-0.1, -0.05) is 44.9 Å². The standard InChI is InChI=1S/C17H28N4O3S/c1-12(2)11-14(22)15-19-20-17(24-15)25-10-9-21(3)16(23)18-13-7-5-4-6-8-13/h12-13H,4-11H2,1-3H3,(H,18,23). The summed E-state index contributed by atoms with van der Waals surface area (Å²) in [4.78, 5) is 25.7. The molecule has 0 saturated heterocycles. The van der Waals surface area contributed by atoms with Gasteiger partial charge < -0.3 is 14.6 Å². The largest absolute Gasteiger partial charge is 0.408 e. The van der Waals surface area contributed by atoms with E-state index in [-0.39, 0.29) is 23.6 Å². The molecule has 0 aromatic carbocycles. The average molecular weight is 369 g/mol. The number of nitrogens with one attached hydrogen (secondary N) is 1. The number of hydrogen-bond acceptors (Lipinski definition) is 6. The summed E-state index contributed by atoms with van der Waals surface area (Å²) in [7, 11) is 1.78. The lowest BCUT2D eigenvalue weighted by Gasteiger charge is -2.26. The number of carbonyl (C=O) groups is 2. The minimum atomic E-state index is -0.127. The summed E-state index contributed by atoms with van der Waals surface area (Å²) in [6.07, 6.45) is 6.20. The van der Waals surface area contributed by atoms with Crippen LogP contribution in [0.15, 0.2) is 9.64 Å².